The van der Waals surface area contributed by atoms with Crippen LogP contribution in [0.15, 0.2) is 36.4 Å². The van der Waals surface area contributed by atoms with Crippen LogP contribution in [0.25, 0.3) is 0 Å². The topological polar surface area (TPSA) is 78.5 Å². The maximum atomic E-state index is 13.8. The maximum absolute atomic E-state index is 13.8. The minimum Gasteiger partial charge on any atom is -0.324 e. The second-order valence-corrected chi connectivity index (χ2v) is 9.87. The van der Waals surface area contributed by atoms with E-state index in [0.717, 1.165) is 22.4 Å². The van der Waals surface area contributed by atoms with Gasteiger partial charge in [-0.15, -0.1) is 0 Å². The maximum Gasteiger partial charge on any atom is 0.250 e. The second-order valence-electron chi connectivity index (χ2n) is 9.46. The van der Waals surface area contributed by atoms with E-state index in [1.54, 1.807) is 6.07 Å². The van der Waals surface area contributed by atoms with Gasteiger partial charge in [0.05, 0.1) is 18.4 Å². The highest BCUT2D eigenvalue weighted by Crippen LogP contribution is 2.54. The lowest BCUT2D eigenvalue weighted by molar-refractivity contribution is -0.143. The van der Waals surface area contributed by atoms with Gasteiger partial charge in [-0.1, -0.05) is 55.8 Å². The molecule has 3 aliphatic heterocycles. The Bertz CT molecular complexity index is 1180. The van der Waals surface area contributed by atoms with Crippen molar-refractivity contribution in [2.45, 2.75) is 45.8 Å². The van der Waals surface area contributed by atoms with Crippen LogP contribution in [-0.2, 0) is 26.5 Å². The number of anilines is 1. The fraction of sp³-hybridized carbons (Fsp3) is 0.400. The van der Waals surface area contributed by atoms with Crippen LogP contribution in [0.3, 0.4) is 0 Å². The van der Waals surface area contributed by atoms with E-state index < -0.39 is 17.4 Å². The molecule has 3 aliphatic rings. The molecule has 5 rings (SSSR count). The van der Waals surface area contributed by atoms with E-state index in [9.17, 15) is 14.4 Å². The van der Waals surface area contributed by atoms with Crippen molar-refractivity contribution in [3.8, 4) is 0 Å². The first-order valence-corrected chi connectivity index (χ1v) is 11.3. The van der Waals surface area contributed by atoms with Crippen molar-refractivity contribution in [1.29, 1.82) is 0 Å². The molecule has 0 saturated carbocycles. The number of fused-ring (bicyclic) bond motifs is 4. The number of hydrogen-bond acceptors (Lipinski definition) is 4. The van der Waals surface area contributed by atoms with Gasteiger partial charge in [0.1, 0.15) is 5.54 Å². The van der Waals surface area contributed by atoms with Gasteiger partial charge < -0.3 is 5.32 Å². The smallest absolute Gasteiger partial charge is 0.250 e. The monoisotopic (exact) mass is 451 g/mol. The van der Waals surface area contributed by atoms with Crippen LogP contribution >= 0.6 is 11.6 Å². The number of nitrogens with one attached hydrogen (secondary N) is 2. The van der Waals surface area contributed by atoms with E-state index >= 15 is 0 Å². The molecule has 7 heteroatoms. The molecule has 0 bridgehead atoms. The summed E-state index contributed by atoms with van der Waals surface area (Å²) in [7, 11) is 0. The number of benzene rings is 2. The molecule has 32 heavy (non-hydrogen) atoms. The molecule has 2 fully saturated rings. The van der Waals surface area contributed by atoms with Crippen molar-refractivity contribution in [2.24, 2.45) is 17.8 Å². The van der Waals surface area contributed by atoms with Crippen molar-refractivity contribution in [2.75, 3.05) is 5.32 Å². The standard InChI is InChI=1S/C25H26ClN3O3/c1-12(2)20-18-19(23(31)29(22(18)30)11-15-7-5-6-8-17(15)26)25(28-20)16-10-9-13(3)14(4)21(16)27-24(25)32/h5-10,12,18-20,28H,11H2,1-4H3,(H,27,32). The zero-order chi connectivity index (χ0) is 22.9. The summed E-state index contributed by atoms with van der Waals surface area (Å²) in [5.74, 6) is -2.18. The van der Waals surface area contributed by atoms with E-state index in [2.05, 4.69) is 10.6 Å². The number of imide groups is 1. The van der Waals surface area contributed by atoms with Gasteiger partial charge in [-0.25, -0.2) is 0 Å². The van der Waals surface area contributed by atoms with Gasteiger partial charge in [0.15, 0.2) is 0 Å². The second kappa shape index (κ2) is 7.15. The number of likely N-dealkylation sites (tertiary alicyclic amines) is 1. The third-order valence-corrected chi connectivity index (χ3v) is 7.82. The third-order valence-electron chi connectivity index (χ3n) is 7.45. The summed E-state index contributed by atoms with van der Waals surface area (Å²) in [5.41, 5.74) is 2.99. The minimum atomic E-state index is -1.25. The summed E-state index contributed by atoms with van der Waals surface area (Å²) in [6.45, 7) is 8.08. The number of rotatable bonds is 3. The third kappa shape index (κ3) is 2.66. The fourth-order valence-electron chi connectivity index (χ4n) is 5.64. The van der Waals surface area contributed by atoms with Crippen LogP contribution in [0.1, 0.15) is 36.1 Å². The van der Waals surface area contributed by atoms with Crippen molar-refractivity contribution in [3.63, 3.8) is 0 Å². The van der Waals surface area contributed by atoms with Crippen LogP contribution in [0.5, 0.6) is 0 Å². The van der Waals surface area contributed by atoms with Crippen molar-refractivity contribution in [1.82, 2.24) is 10.2 Å². The van der Waals surface area contributed by atoms with Crippen molar-refractivity contribution in [3.05, 3.63) is 63.7 Å². The van der Waals surface area contributed by atoms with Gasteiger partial charge in [0, 0.05) is 22.3 Å². The molecule has 3 heterocycles. The predicted molar refractivity (Wildman–Crippen MR) is 122 cm³/mol. The molecule has 4 atom stereocenters. The summed E-state index contributed by atoms with van der Waals surface area (Å²) in [4.78, 5) is 42.2. The van der Waals surface area contributed by atoms with Gasteiger partial charge in [-0.05, 0) is 42.5 Å². The van der Waals surface area contributed by atoms with Gasteiger partial charge in [0.2, 0.25) is 17.7 Å². The Hall–Kier alpha value is -2.70. The largest absolute Gasteiger partial charge is 0.324 e. The molecule has 0 radical (unpaired) electrons. The van der Waals surface area contributed by atoms with E-state index in [1.165, 1.54) is 4.90 Å². The zero-order valence-electron chi connectivity index (χ0n) is 18.5. The number of aryl methyl sites for hydroxylation is 1. The van der Waals surface area contributed by atoms with Gasteiger partial charge in [0.25, 0.3) is 0 Å². The molecule has 2 aromatic carbocycles. The van der Waals surface area contributed by atoms with Crippen LogP contribution in [0.2, 0.25) is 5.02 Å². The quantitative estimate of drug-likeness (QED) is 0.700. The highest BCUT2D eigenvalue weighted by atomic mass is 35.5. The Morgan fingerprint density at radius 3 is 2.47 bits per heavy atom. The lowest BCUT2D eigenvalue weighted by atomic mass is 9.75. The average Bonchev–Trinajstić information content (AvgIpc) is 3.34. The molecular weight excluding hydrogens is 426 g/mol. The molecule has 1 spiro atoms. The zero-order valence-corrected chi connectivity index (χ0v) is 19.3. The molecule has 3 amide bonds. The number of nitrogens with zero attached hydrogens (tertiary/aromatic N) is 1. The fourth-order valence-corrected chi connectivity index (χ4v) is 5.83. The van der Waals surface area contributed by atoms with Crippen molar-refractivity contribution >= 4 is 35.0 Å². The summed E-state index contributed by atoms with van der Waals surface area (Å²) in [6.07, 6.45) is 0. The highest BCUT2D eigenvalue weighted by Gasteiger charge is 2.70. The first-order chi connectivity index (χ1) is 15.2. The predicted octanol–water partition coefficient (Wildman–Crippen LogP) is 3.53. The number of hydrogen-bond donors (Lipinski definition) is 2. The summed E-state index contributed by atoms with van der Waals surface area (Å²) in [6, 6.07) is 10.8. The molecule has 4 unspecified atom stereocenters. The molecule has 166 valence electrons. The van der Waals surface area contributed by atoms with Crippen LogP contribution in [0, 0.1) is 31.6 Å². The molecule has 0 aromatic heterocycles. The van der Waals surface area contributed by atoms with E-state index in [1.807, 2.05) is 58.0 Å². The Labute approximate surface area is 192 Å². The highest BCUT2D eigenvalue weighted by molar-refractivity contribution is 6.31. The number of amides is 3. The normalized spacial score (nSPS) is 28.6. The number of halogens is 1. The van der Waals surface area contributed by atoms with Crippen molar-refractivity contribution < 1.29 is 14.4 Å². The Kier molecular flexibility index (Phi) is 4.73. The summed E-state index contributed by atoms with van der Waals surface area (Å²) >= 11 is 6.32. The van der Waals surface area contributed by atoms with Gasteiger partial charge in [-0.3, -0.25) is 24.6 Å². The summed E-state index contributed by atoms with van der Waals surface area (Å²) < 4.78 is 0. The number of carbonyl (C=O) groups is 3. The van der Waals surface area contributed by atoms with Crippen LogP contribution in [0.4, 0.5) is 5.69 Å². The van der Waals surface area contributed by atoms with Gasteiger partial charge in [-0.2, -0.15) is 0 Å². The Balaban J connectivity index is 1.64. The van der Waals surface area contributed by atoms with Gasteiger partial charge >= 0.3 is 0 Å². The van der Waals surface area contributed by atoms with Crippen LogP contribution in [-0.4, -0.2) is 28.7 Å². The molecule has 2 aromatic rings. The number of carbonyl (C=O) groups excluding carboxylic acids is 3. The van der Waals surface area contributed by atoms with E-state index in [4.69, 9.17) is 11.6 Å². The van der Waals surface area contributed by atoms with E-state index in [-0.39, 0.29) is 36.2 Å². The molecule has 6 nitrogen and oxygen atoms in total. The SMILES string of the molecule is Cc1ccc2c(c1C)NC(=O)C21NC(C(C)C)C2C(=O)N(Cc3ccccc3Cl)C(=O)C21. The Morgan fingerprint density at radius 1 is 1.06 bits per heavy atom. The molecular formula is C25H26ClN3O3. The minimum absolute atomic E-state index is 0.0577. The lowest BCUT2D eigenvalue weighted by Gasteiger charge is -2.30. The van der Waals surface area contributed by atoms with Crippen LogP contribution < -0.4 is 10.6 Å². The summed E-state index contributed by atoms with van der Waals surface area (Å²) in [5, 5.41) is 6.99. The first kappa shape index (κ1) is 21.2. The molecule has 0 aliphatic carbocycles. The molecule has 2 saturated heterocycles. The molecule has 2 N–H and O–H groups in total. The van der Waals surface area contributed by atoms with E-state index in [0.29, 0.717) is 10.6 Å². The first-order valence-electron chi connectivity index (χ1n) is 11.0. The Morgan fingerprint density at radius 2 is 1.78 bits per heavy atom. The lowest BCUT2D eigenvalue weighted by Crippen LogP contribution is -2.53. The average molecular weight is 452 g/mol.